The number of carbonyl (C=O) groups excluding carboxylic acids is 2. The molecule has 8 heteroatoms. The number of amides is 3. The number of anilines is 1. The van der Waals surface area contributed by atoms with Crippen LogP contribution in [0.5, 0.6) is 11.5 Å². The van der Waals surface area contributed by atoms with Crippen molar-refractivity contribution in [2.75, 3.05) is 25.1 Å². The Morgan fingerprint density at radius 3 is 2.67 bits per heavy atom. The summed E-state index contributed by atoms with van der Waals surface area (Å²) in [6, 6.07) is 8.58. The third-order valence-electron chi connectivity index (χ3n) is 4.40. The van der Waals surface area contributed by atoms with Gasteiger partial charge in [0.1, 0.15) is 19.0 Å². The van der Waals surface area contributed by atoms with Crippen LogP contribution in [0.3, 0.4) is 0 Å². The first-order chi connectivity index (χ1) is 13.2. The Labute approximate surface area is 156 Å². The second-order valence-corrected chi connectivity index (χ2v) is 6.58. The maximum Gasteiger partial charge on any atom is 0.325 e. The van der Waals surface area contributed by atoms with Gasteiger partial charge in [-0.25, -0.2) is 4.79 Å². The highest BCUT2D eigenvalue weighted by molar-refractivity contribution is 6.01. The van der Waals surface area contributed by atoms with Gasteiger partial charge in [-0.1, -0.05) is 0 Å². The van der Waals surface area contributed by atoms with Gasteiger partial charge in [-0.15, -0.1) is 0 Å². The molecule has 2 aliphatic rings. The van der Waals surface area contributed by atoms with Gasteiger partial charge >= 0.3 is 6.03 Å². The van der Waals surface area contributed by atoms with E-state index in [-0.39, 0.29) is 12.5 Å². The van der Waals surface area contributed by atoms with Crippen LogP contribution in [0.4, 0.5) is 10.5 Å². The van der Waals surface area contributed by atoms with E-state index in [0.29, 0.717) is 43.0 Å². The number of rotatable bonds is 6. The van der Waals surface area contributed by atoms with Crippen LogP contribution >= 0.6 is 0 Å². The summed E-state index contributed by atoms with van der Waals surface area (Å²) in [5.74, 6) is 1.66. The molecule has 1 aliphatic heterocycles. The minimum atomic E-state index is -0.578. The summed E-state index contributed by atoms with van der Waals surface area (Å²) in [6.45, 7) is 1.66. The number of fused-ring (bicyclic) bond motifs is 1. The van der Waals surface area contributed by atoms with E-state index in [1.54, 1.807) is 24.5 Å². The van der Waals surface area contributed by atoms with Crippen LogP contribution < -0.4 is 20.1 Å². The number of furan rings is 1. The molecule has 1 aromatic carbocycles. The highest BCUT2D eigenvalue weighted by Gasteiger charge is 2.31. The molecular weight excluding hydrogens is 350 g/mol. The fourth-order valence-electron chi connectivity index (χ4n) is 2.99. The summed E-state index contributed by atoms with van der Waals surface area (Å²) in [6.07, 6.45) is 3.72. The van der Waals surface area contributed by atoms with Gasteiger partial charge < -0.3 is 19.2 Å². The molecule has 1 fully saturated rings. The van der Waals surface area contributed by atoms with Crippen LogP contribution in [-0.2, 0) is 11.3 Å². The van der Waals surface area contributed by atoms with Gasteiger partial charge in [0, 0.05) is 17.8 Å². The monoisotopic (exact) mass is 371 g/mol. The average molecular weight is 371 g/mol. The molecule has 142 valence electrons. The lowest BCUT2D eigenvalue weighted by atomic mass is 10.2. The Bertz CT molecular complexity index is 817. The molecule has 1 aliphatic carbocycles. The van der Waals surface area contributed by atoms with Crippen molar-refractivity contribution >= 4 is 17.6 Å². The van der Waals surface area contributed by atoms with E-state index < -0.39 is 6.03 Å². The Hall–Kier alpha value is -3.00. The molecular formula is C19H21N3O5. The van der Waals surface area contributed by atoms with Gasteiger partial charge in [0.05, 0.1) is 19.4 Å². The summed E-state index contributed by atoms with van der Waals surface area (Å²) in [7, 11) is 0. The van der Waals surface area contributed by atoms with E-state index in [1.807, 2.05) is 17.0 Å². The molecule has 1 saturated carbocycles. The van der Waals surface area contributed by atoms with E-state index in [0.717, 1.165) is 18.6 Å². The van der Waals surface area contributed by atoms with E-state index in [9.17, 15) is 9.59 Å². The van der Waals surface area contributed by atoms with Crippen molar-refractivity contribution in [3.63, 3.8) is 0 Å². The molecule has 2 N–H and O–H groups in total. The predicted octanol–water partition coefficient (Wildman–Crippen LogP) is 2.36. The highest BCUT2D eigenvalue weighted by atomic mass is 16.6. The van der Waals surface area contributed by atoms with Crippen LogP contribution in [0.1, 0.15) is 18.6 Å². The number of carbonyl (C=O) groups is 2. The van der Waals surface area contributed by atoms with Gasteiger partial charge in [-0.3, -0.25) is 15.0 Å². The molecule has 0 saturated heterocycles. The summed E-state index contributed by atoms with van der Waals surface area (Å²) < 4.78 is 16.3. The molecule has 0 spiro atoms. The molecule has 0 bridgehead atoms. The van der Waals surface area contributed by atoms with Crippen LogP contribution in [0.25, 0.3) is 0 Å². The average Bonchev–Trinajstić information content (AvgIpc) is 3.38. The minimum Gasteiger partial charge on any atom is -0.486 e. The number of nitrogens with one attached hydrogen (secondary N) is 2. The number of benzene rings is 1. The Morgan fingerprint density at radius 1 is 1.11 bits per heavy atom. The number of ether oxygens (including phenoxy) is 2. The maximum atomic E-state index is 12.3. The van der Waals surface area contributed by atoms with Crippen molar-refractivity contribution in [3.05, 3.63) is 42.4 Å². The predicted molar refractivity (Wildman–Crippen MR) is 96.7 cm³/mol. The molecule has 2 heterocycles. The van der Waals surface area contributed by atoms with Gasteiger partial charge in [-0.05, 0) is 37.1 Å². The van der Waals surface area contributed by atoms with E-state index >= 15 is 0 Å². The normalized spacial score (nSPS) is 15.4. The Kier molecular flexibility index (Phi) is 4.97. The van der Waals surface area contributed by atoms with Gasteiger partial charge in [-0.2, -0.15) is 0 Å². The lowest BCUT2D eigenvalue weighted by Crippen LogP contribution is -2.42. The zero-order valence-corrected chi connectivity index (χ0v) is 14.8. The topological polar surface area (TPSA) is 93.0 Å². The van der Waals surface area contributed by atoms with E-state index in [4.69, 9.17) is 13.9 Å². The summed E-state index contributed by atoms with van der Waals surface area (Å²) in [4.78, 5) is 26.4. The molecule has 0 unspecified atom stereocenters. The van der Waals surface area contributed by atoms with Crippen molar-refractivity contribution < 1.29 is 23.5 Å². The standard InChI is InChI=1S/C19H21N3O5/c23-18(12-22(14-4-5-14)11-15-2-1-7-25-15)21-19(24)20-13-3-6-16-17(10-13)27-9-8-26-16/h1-3,6-7,10,14H,4-5,8-9,11-12H2,(H2,20,21,23,24). The molecule has 8 nitrogen and oxygen atoms in total. The van der Waals surface area contributed by atoms with Crippen LogP contribution in [-0.4, -0.2) is 42.6 Å². The van der Waals surface area contributed by atoms with Crippen molar-refractivity contribution in [3.8, 4) is 11.5 Å². The molecule has 4 rings (SSSR count). The van der Waals surface area contributed by atoms with Gasteiger partial charge in [0.2, 0.25) is 5.91 Å². The van der Waals surface area contributed by atoms with Crippen molar-refractivity contribution in [1.82, 2.24) is 10.2 Å². The van der Waals surface area contributed by atoms with Crippen molar-refractivity contribution in [2.24, 2.45) is 0 Å². The van der Waals surface area contributed by atoms with Gasteiger partial charge in [0.25, 0.3) is 0 Å². The largest absolute Gasteiger partial charge is 0.486 e. The molecule has 0 radical (unpaired) electrons. The Balaban J connectivity index is 1.30. The smallest absolute Gasteiger partial charge is 0.325 e. The minimum absolute atomic E-state index is 0.139. The third-order valence-corrected chi connectivity index (χ3v) is 4.40. The van der Waals surface area contributed by atoms with Crippen LogP contribution in [0.2, 0.25) is 0 Å². The fraction of sp³-hybridized carbons (Fsp3) is 0.368. The quantitative estimate of drug-likeness (QED) is 0.810. The number of nitrogens with zero attached hydrogens (tertiary/aromatic N) is 1. The first-order valence-electron chi connectivity index (χ1n) is 8.94. The van der Waals surface area contributed by atoms with Gasteiger partial charge in [0.15, 0.2) is 11.5 Å². The summed E-state index contributed by atoms with van der Waals surface area (Å²) >= 11 is 0. The number of hydrogen-bond donors (Lipinski definition) is 2. The lowest BCUT2D eigenvalue weighted by molar-refractivity contribution is -0.121. The first-order valence-corrected chi connectivity index (χ1v) is 8.94. The Morgan fingerprint density at radius 2 is 1.93 bits per heavy atom. The molecule has 2 aromatic rings. The summed E-state index contributed by atoms with van der Waals surface area (Å²) in [5, 5.41) is 5.01. The van der Waals surface area contributed by atoms with E-state index in [1.165, 1.54) is 0 Å². The number of urea groups is 1. The van der Waals surface area contributed by atoms with Crippen molar-refractivity contribution in [1.29, 1.82) is 0 Å². The third kappa shape index (κ3) is 4.59. The highest BCUT2D eigenvalue weighted by Crippen LogP contribution is 2.32. The van der Waals surface area contributed by atoms with Crippen molar-refractivity contribution in [2.45, 2.75) is 25.4 Å². The second-order valence-electron chi connectivity index (χ2n) is 6.58. The summed E-state index contributed by atoms with van der Waals surface area (Å²) in [5.41, 5.74) is 0.527. The molecule has 27 heavy (non-hydrogen) atoms. The number of hydrogen-bond acceptors (Lipinski definition) is 6. The zero-order valence-electron chi connectivity index (χ0n) is 14.8. The molecule has 1 aromatic heterocycles. The second kappa shape index (κ2) is 7.71. The maximum absolute atomic E-state index is 12.3. The first kappa shape index (κ1) is 17.4. The SMILES string of the molecule is O=C(CN(Cc1ccco1)C1CC1)NC(=O)Nc1ccc2c(c1)OCCO2. The van der Waals surface area contributed by atoms with E-state index in [2.05, 4.69) is 10.6 Å². The zero-order chi connectivity index (χ0) is 18.6. The van der Waals surface area contributed by atoms with Crippen LogP contribution in [0.15, 0.2) is 41.0 Å². The lowest BCUT2D eigenvalue weighted by Gasteiger charge is -2.20. The number of imide groups is 1. The molecule has 0 atom stereocenters. The molecule has 3 amide bonds. The van der Waals surface area contributed by atoms with Crippen LogP contribution in [0, 0.1) is 0 Å². The fourth-order valence-corrected chi connectivity index (χ4v) is 2.99.